The van der Waals surface area contributed by atoms with Crippen molar-refractivity contribution in [2.24, 2.45) is 5.92 Å². The molecule has 252 valence electrons. The van der Waals surface area contributed by atoms with Gasteiger partial charge in [-0.1, -0.05) is 194 Å². The Hall–Kier alpha value is -0.570. The van der Waals surface area contributed by atoms with E-state index in [0.717, 1.165) is 32.4 Å². The number of amides is 1. The highest BCUT2D eigenvalue weighted by molar-refractivity contribution is 5.78. The van der Waals surface area contributed by atoms with E-state index in [0.29, 0.717) is 5.91 Å². The van der Waals surface area contributed by atoms with Gasteiger partial charge in [0.15, 0.2) is 0 Å². The Morgan fingerprint density at radius 3 is 1.02 bits per heavy atom. The molecule has 0 aliphatic heterocycles. The summed E-state index contributed by atoms with van der Waals surface area (Å²) in [4.78, 5) is 15.2. The zero-order valence-corrected chi connectivity index (χ0v) is 29.8. The number of unbranched alkanes of at least 4 members (excludes halogenated alkanes) is 26. The molecule has 0 aromatic rings. The summed E-state index contributed by atoms with van der Waals surface area (Å²) in [6, 6.07) is 0. The Bertz CT molecular complexity index is 489. The van der Waals surface area contributed by atoms with E-state index in [1.54, 1.807) is 0 Å². The van der Waals surface area contributed by atoms with Gasteiger partial charge in [-0.05, 0) is 39.9 Å². The van der Waals surface area contributed by atoms with Gasteiger partial charge < -0.3 is 10.2 Å². The third kappa shape index (κ3) is 32.3. The van der Waals surface area contributed by atoms with E-state index in [4.69, 9.17) is 0 Å². The van der Waals surface area contributed by atoms with E-state index in [9.17, 15) is 4.79 Å². The molecule has 0 saturated carbocycles. The molecule has 0 bridgehead atoms. The Balaban J connectivity index is 3.91. The molecule has 0 fully saturated rings. The summed E-state index contributed by atoms with van der Waals surface area (Å²) >= 11 is 0. The van der Waals surface area contributed by atoms with Crippen molar-refractivity contribution in [2.75, 3.05) is 27.2 Å². The molecule has 3 nitrogen and oxygen atoms in total. The van der Waals surface area contributed by atoms with Gasteiger partial charge >= 0.3 is 0 Å². The molecule has 0 rings (SSSR count). The number of hydrogen-bond acceptors (Lipinski definition) is 2. The van der Waals surface area contributed by atoms with Crippen LogP contribution < -0.4 is 5.32 Å². The first-order valence-electron chi connectivity index (χ1n) is 19.5. The normalized spacial score (nSPS) is 11.7. The predicted molar refractivity (Wildman–Crippen MR) is 190 cm³/mol. The lowest BCUT2D eigenvalue weighted by Gasteiger charge is -2.17. The van der Waals surface area contributed by atoms with Crippen LogP contribution in [0.15, 0.2) is 0 Å². The molecule has 0 aromatic carbocycles. The van der Waals surface area contributed by atoms with E-state index in [-0.39, 0.29) is 5.92 Å². The monoisotopic (exact) mass is 593 g/mol. The van der Waals surface area contributed by atoms with Gasteiger partial charge in [0.1, 0.15) is 0 Å². The minimum Gasteiger partial charge on any atom is -0.356 e. The fourth-order valence-electron chi connectivity index (χ4n) is 6.33. The maximum absolute atomic E-state index is 13.0. The molecule has 0 spiro atoms. The fourth-order valence-corrected chi connectivity index (χ4v) is 6.33. The molecule has 0 aliphatic rings. The van der Waals surface area contributed by atoms with Crippen LogP contribution in [-0.2, 0) is 4.79 Å². The molecular formula is C39H80N2O. The summed E-state index contributed by atoms with van der Waals surface area (Å²) in [5.74, 6) is 0.567. The maximum atomic E-state index is 13.0. The van der Waals surface area contributed by atoms with Crippen LogP contribution in [0.5, 0.6) is 0 Å². The Morgan fingerprint density at radius 2 is 0.738 bits per heavy atom. The van der Waals surface area contributed by atoms with Crippen LogP contribution in [0.4, 0.5) is 0 Å². The van der Waals surface area contributed by atoms with Gasteiger partial charge in [0, 0.05) is 12.5 Å². The van der Waals surface area contributed by atoms with Crippen molar-refractivity contribution in [2.45, 2.75) is 213 Å². The van der Waals surface area contributed by atoms with Crippen molar-refractivity contribution in [3.05, 3.63) is 0 Å². The molecule has 0 saturated heterocycles. The number of carbonyl (C=O) groups excluding carboxylic acids is 1. The maximum Gasteiger partial charge on any atom is 0.223 e. The second-order valence-electron chi connectivity index (χ2n) is 13.9. The Morgan fingerprint density at radius 1 is 0.452 bits per heavy atom. The van der Waals surface area contributed by atoms with Gasteiger partial charge in [-0.15, -0.1) is 0 Å². The van der Waals surface area contributed by atoms with E-state index in [1.165, 1.54) is 180 Å². The molecule has 0 heterocycles. The number of carbonyl (C=O) groups is 1. The molecule has 0 aromatic heterocycles. The average Bonchev–Trinajstić information content (AvgIpc) is 2.98. The first kappa shape index (κ1) is 41.4. The number of nitrogens with one attached hydrogen (secondary N) is 1. The number of nitrogens with zero attached hydrogens (tertiary/aromatic N) is 1. The minimum atomic E-state index is 0.235. The molecule has 3 heteroatoms. The fraction of sp³-hybridized carbons (Fsp3) is 0.974. The molecule has 42 heavy (non-hydrogen) atoms. The van der Waals surface area contributed by atoms with Crippen molar-refractivity contribution >= 4 is 5.91 Å². The van der Waals surface area contributed by atoms with E-state index < -0.39 is 0 Å². The van der Waals surface area contributed by atoms with Crippen LogP contribution in [0.25, 0.3) is 0 Å². The highest BCUT2D eigenvalue weighted by Gasteiger charge is 2.17. The molecular weight excluding hydrogens is 512 g/mol. The van der Waals surface area contributed by atoms with Crippen LogP contribution in [0.2, 0.25) is 0 Å². The average molecular weight is 593 g/mol. The predicted octanol–water partition coefficient (Wildman–Crippen LogP) is 12.4. The van der Waals surface area contributed by atoms with Gasteiger partial charge in [-0.2, -0.15) is 0 Å². The van der Waals surface area contributed by atoms with E-state index >= 15 is 0 Å². The van der Waals surface area contributed by atoms with Gasteiger partial charge in [0.05, 0.1) is 0 Å². The quantitative estimate of drug-likeness (QED) is 0.0742. The van der Waals surface area contributed by atoms with Crippen LogP contribution >= 0.6 is 0 Å². The summed E-state index contributed by atoms with van der Waals surface area (Å²) in [5.41, 5.74) is 0. The minimum absolute atomic E-state index is 0.235. The Kier molecular flexibility index (Phi) is 34.4. The number of hydrogen-bond donors (Lipinski definition) is 1. The lowest BCUT2D eigenvalue weighted by Crippen LogP contribution is -2.32. The van der Waals surface area contributed by atoms with Crippen molar-refractivity contribution in [3.8, 4) is 0 Å². The summed E-state index contributed by atoms with van der Waals surface area (Å²) in [5, 5.41) is 3.27. The van der Waals surface area contributed by atoms with Crippen molar-refractivity contribution < 1.29 is 4.79 Å². The third-order valence-corrected chi connectivity index (χ3v) is 9.26. The third-order valence-electron chi connectivity index (χ3n) is 9.26. The molecule has 0 unspecified atom stereocenters. The lowest BCUT2D eigenvalue weighted by molar-refractivity contribution is -0.125. The summed E-state index contributed by atoms with van der Waals surface area (Å²) in [7, 11) is 4.21. The molecule has 0 atom stereocenters. The summed E-state index contributed by atoms with van der Waals surface area (Å²) < 4.78 is 0. The van der Waals surface area contributed by atoms with Crippen LogP contribution in [-0.4, -0.2) is 38.0 Å². The van der Waals surface area contributed by atoms with Crippen molar-refractivity contribution in [1.29, 1.82) is 0 Å². The smallest absolute Gasteiger partial charge is 0.223 e. The molecule has 0 radical (unpaired) electrons. The highest BCUT2D eigenvalue weighted by atomic mass is 16.1. The summed E-state index contributed by atoms with van der Waals surface area (Å²) in [6.07, 6.45) is 42.3. The van der Waals surface area contributed by atoms with Gasteiger partial charge in [-0.25, -0.2) is 0 Å². The zero-order valence-electron chi connectivity index (χ0n) is 29.8. The van der Waals surface area contributed by atoms with Gasteiger partial charge in [0.2, 0.25) is 5.91 Å². The highest BCUT2D eigenvalue weighted by Crippen LogP contribution is 2.21. The van der Waals surface area contributed by atoms with Crippen molar-refractivity contribution in [3.63, 3.8) is 0 Å². The van der Waals surface area contributed by atoms with E-state index in [1.807, 2.05) is 0 Å². The topological polar surface area (TPSA) is 32.3 Å². The van der Waals surface area contributed by atoms with Gasteiger partial charge in [0.25, 0.3) is 0 Å². The Labute approximate surface area is 266 Å². The van der Waals surface area contributed by atoms with Crippen LogP contribution in [0.1, 0.15) is 213 Å². The second kappa shape index (κ2) is 34.9. The van der Waals surface area contributed by atoms with Gasteiger partial charge in [-0.3, -0.25) is 4.79 Å². The van der Waals surface area contributed by atoms with Crippen molar-refractivity contribution in [1.82, 2.24) is 10.2 Å². The second-order valence-corrected chi connectivity index (χ2v) is 13.9. The summed E-state index contributed by atoms with van der Waals surface area (Å²) in [6.45, 7) is 6.46. The molecule has 0 aliphatic carbocycles. The lowest BCUT2D eigenvalue weighted by atomic mass is 9.93. The van der Waals surface area contributed by atoms with Crippen LogP contribution in [0, 0.1) is 5.92 Å². The number of rotatable bonds is 35. The first-order valence-corrected chi connectivity index (χ1v) is 19.5. The standard InChI is InChI=1S/C39H80N2O/c1-5-7-9-11-13-15-17-19-21-23-25-27-29-31-34-38(39(42)40-36-33-37-41(3)4)35-32-30-28-26-24-22-20-18-16-14-12-10-8-6-2/h38H,5-37H2,1-4H3,(H,40,42). The first-order chi connectivity index (χ1) is 20.6. The largest absolute Gasteiger partial charge is 0.356 e. The molecule has 1 amide bonds. The SMILES string of the molecule is CCCCCCCCCCCCCCCCC(CCCCCCCCCCCCCCCC)C(=O)NCCCN(C)C. The van der Waals surface area contributed by atoms with E-state index in [2.05, 4.69) is 38.2 Å². The zero-order chi connectivity index (χ0) is 30.8. The van der Waals surface area contributed by atoms with Crippen LogP contribution in [0.3, 0.4) is 0 Å². The molecule has 1 N–H and O–H groups in total.